The molecule has 0 aliphatic heterocycles. The maximum atomic E-state index is 11.5. The number of nitrogens with zero attached hydrogens (tertiary/aromatic N) is 3. The van der Waals surface area contributed by atoms with E-state index in [1.807, 2.05) is 20.8 Å². The minimum atomic E-state index is -0.503. The standard InChI is InChI=1S/C10H18N4O2/c1-10(2,3)16-9(15)12-7-5-4-6-8(7)13-14-11/h7-8H,4-6H2,1-3H3,(H,12,15)/t7-,8-/m0/s1. The summed E-state index contributed by atoms with van der Waals surface area (Å²) in [6, 6.07) is -0.233. The van der Waals surface area contributed by atoms with E-state index >= 15 is 0 Å². The number of azide groups is 1. The normalized spacial score (nSPS) is 24.7. The monoisotopic (exact) mass is 226 g/mol. The second kappa shape index (κ2) is 5.07. The lowest BCUT2D eigenvalue weighted by Gasteiger charge is -2.23. The lowest BCUT2D eigenvalue weighted by atomic mass is 10.2. The van der Waals surface area contributed by atoms with E-state index in [-0.39, 0.29) is 12.1 Å². The first-order chi connectivity index (χ1) is 7.42. The van der Waals surface area contributed by atoms with Gasteiger partial charge in [-0.15, -0.1) is 0 Å². The second-order valence-corrected chi connectivity index (χ2v) is 4.96. The molecule has 1 fully saturated rings. The van der Waals surface area contributed by atoms with Gasteiger partial charge in [-0.1, -0.05) is 11.5 Å². The van der Waals surface area contributed by atoms with Crippen molar-refractivity contribution in [2.75, 3.05) is 0 Å². The second-order valence-electron chi connectivity index (χ2n) is 4.96. The van der Waals surface area contributed by atoms with Crippen LogP contribution in [0.25, 0.3) is 10.4 Å². The molecular formula is C10H18N4O2. The molecule has 0 unspecified atom stereocenters. The number of hydrogen-bond donors (Lipinski definition) is 1. The number of amides is 1. The van der Waals surface area contributed by atoms with Crippen molar-refractivity contribution in [1.82, 2.24) is 5.32 Å². The number of carbonyl (C=O) groups is 1. The van der Waals surface area contributed by atoms with E-state index in [0.717, 1.165) is 19.3 Å². The Labute approximate surface area is 95.0 Å². The van der Waals surface area contributed by atoms with Crippen molar-refractivity contribution in [1.29, 1.82) is 0 Å². The summed E-state index contributed by atoms with van der Waals surface area (Å²) >= 11 is 0. The van der Waals surface area contributed by atoms with Gasteiger partial charge in [0.2, 0.25) is 0 Å². The van der Waals surface area contributed by atoms with Crippen LogP contribution in [0.5, 0.6) is 0 Å². The Morgan fingerprint density at radius 1 is 1.50 bits per heavy atom. The van der Waals surface area contributed by atoms with Crippen LogP contribution < -0.4 is 5.32 Å². The van der Waals surface area contributed by atoms with Crippen LogP contribution in [0.1, 0.15) is 40.0 Å². The molecule has 1 rings (SSSR count). The number of carbonyl (C=O) groups excluding carboxylic acids is 1. The summed E-state index contributed by atoms with van der Waals surface area (Å²) < 4.78 is 5.14. The van der Waals surface area contributed by atoms with Gasteiger partial charge in [0.05, 0.1) is 6.04 Å². The van der Waals surface area contributed by atoms with E-state index < -0.39 is 11.7 Å². The molecule has 16 heavy (non-hydrogen) atoms. The Hall–Kier alpha value is -1.42. The number of alkyl carbamates (subject to hydrolysis) is 1. The molecule has 1 aliphatic carbocycles. The lowest BCUT2D eigenvalue weighted by Crippen LogP contribution is -2.42. The third-order valence-electron chi connectivity index (χ3n) is 2.38. The van der Waals surface area contributed by atoms with Crippen LogP contribution in [-0.2, 0) is 4.74 Å². The van der Waals surface area contributed by atoms with E-state index in [1.165, 1.54) is 0 Å². The highest BCUT2D eigenvalue weighted by atomic mass is 16.6. The molecule has 90 valence electrons. The zero-order valence-electron chi connectivity index (χ0n) is 9.93. The first kappa shape index (κ1) is 12.6. The van der Waals surface area contributed by atoms with Crippen LogP contribution in [0.2, 0.25) is 0 Å². The summed E-state index contributed by atoms with van der Waals surface area (Å²) in [6.07, 6.45) is 2.18. The van der Waals surface area contributed by atoms with E-state index in [2.05, 4.69) is 15.3 Å². The SMILES string of the molecule is CC(C)(C)OC(=O)N[C@H]1CCC[C@@H]1N=[N+]=[N-]. The topological polar surface area (TPSA) is 87.1 Å². The highest BCUT2D eigenvalue weighted by Crippen LogP contribution is 2.22. The van der Waals surface area contributed by atoms with Gasteiger partial charge in [-0.05, 0) is 39.1 Å². The van der Waals surface area contributed by atoms with Crippen molar-refractivity contribution >= 4 is 6.09 Å². The molecule has 1 amide bonds. The van der Waals surface area contributed by atoms with Crippen LogP contribution in [0.4, 0.5) is 4.79 Å². The predicted octanol–water partition coefficient (Wildman–Crippen LogP) is 2.74. The minimum Gasteiger partial charge on any atom is -0.444 e. The van der Waals surface area contributed by atoms with Crippen LogP contribution >= 0.6 is 0 Å². The average molecular weight is 226 g/mol. The Morgan fingerprint density at radius 3 is 2.75 bits per heavy atom. The largest absolute Gasteiger partial charge is 0.444 e. The Bertz CT molecular complexity index is 304. The summed E-state index contributed by atoms with van der Waals surface area (Å²) in [5.74, 6) is 0. The van der Waals surface area contributed by atoms with Crippen molar-refractivity contribution in [2.45, 2.75) is 57.7 Å². The van der Waals surface area contributed by atoms with Crippen molar-refractivity contribution in [2.24, 2.45) is 5.11 Å². The molecule has 1 saturated carbocycles. The highest BCUT2D eigenvalue weighted by Gasteiger charge is 2.29. The van der Waals surface area contributed by atoms with E-state index in [0.29, 0.717) is 0 Å². The molecule has 2 atom stereocenters. The van der Waals surface area contributed by atoms with E-state index in [4.69, 9.17) is 10.3 Å². The van der Waals surface area contributed by atoms with Crippen molar-refractivity contribution in [3.05, 3.63) is 10.4 Å². The number of hydrogen-bond acceptors (Lipinski definition) is 3. The molecule has 1 N–H and O–H groups in total. The van der Waals surface area contributed by atoms with Gasteiger partial charge in [0.25, 0.3) is 0 Å². The van der Waals surface area contributed by atoms with Crippen LogP contribution in [0.15, 0.2) is 5.11 Å². The Balaban J connectivity index is 2.47. The highest BCUT2D eigenvalue weighted by molar-refractivity contribution is 5.68. The third kappa shape index (κ3) is 3.98. The van der Waals surface area contributed by atoms with Gasteiger partial charge >= 0.3 is 6.09 Å². The fraction of sp³-hybridized carbons (Fsp3) is 0.900. The maximum Gasteiger partial charge on any atom is 0.407 e. The first-order valence-corrected chi connectivity index (χ1v) is 5.46. The molecular weight excluding hydrogens is 208 g/mol. The Morgan fingerprint density at radius 2 is 2.19 bits per heavy atom. The average Bonchev–Trinajstić information content (AvgIpc) is 2.50. The zero-order valence-corrected chi connectivity index (χ0v) is 9.93. The smallest absolute Gasteiger partial charge is 0.407 e. The zero-order chi connectivity index (χ0) is 12.2. The molecule has 0 aromatic carbocycles. The molecule has 0 aromatic rings. The molecule has 0 bridgehead atoms. The van der Waals surface area contributed by atoms with Crippen LogP contribution in [-0.4, -0.2) is 23.8 Å². The summed E-state index contributed by atoms with van der Waals surface area (Å²) in [5, 5.41) is 6.41. The van der Waals surface area contributed by atoms with Gasteiger partial charge in [0.15, 0.2) is 0 Å². The summed E-state index contributed by atoms with van der Waals surface area (Å²) in [6.45, 7) is 5.43. The fourth-order valence-electron chi connectivity index (χ4n) is 1.77. The van der Waals surface area contributed by atoms with E-state index in [1.54, 1.807) is 0 Å². The predicted molar refractivity (Wildman–Crippen MR) is 59.9 cm³/mol. The van der Waals surface area contributed by atoms with Gasteiger partial charge in [-0.25, -0.2) is 4.79 Å². The Kier molecular flexibility index (Phi) is 4.01. The summed E-state index contributed by atoms with van der Waals surface area (Å²) in [4.78, 5) is 14.3. The molecule has 0 spiro atoms. The van der Waals surface area contributed by atoms with Crippen LogP contribution in [0.3, 0.4) is 0 Å². The van der Waals surface area contributed by atoms with Gasteiger partial charge < -0.3 is 10.1 Å². The molecule has 0 radical (unpaired) electrons. The van der Waals surface area contributed by atoms with E-state index in [9.17, 15) is 4.79 Å². The lowest BCUT2D eigenvalue weighted by molar-refractivity contribution is 0.0501. The number of nitrogens with one attached hydrogen (secondary N) is 1. The maximum absolute atomic E-state index is 11.5. The van der Waals surface area contributed by atoms with Gasteiger partial charge in [0, 0.05) is 11.0 Å². The molecule has 0 saturated heterocycles. The molecule has 0 aromatic heterocycles. The molecule has 6 nitrogen and oxygen atoms in total. The fourth-order valence-corrected chi connectivity index (χ4v) is 1.77. The van der Waals surface area contributed by atoms with Crippen molar-refractivity contribution in [3.63, 3.8) is 0 Å². The quantitative estimate of drug-likeness (QED) is 0.445. The van der Waals surface area contributed by atoms with Gasteiger partial charge in [-0.3, -0.25) is 0 Å². The summed E-state index contributed by atoms with van der Waals surface area (Å²) in [5.41, 5.74) is 7.88. The molecule has 6 heteroatoms. The van der Waals surface area contributed by atoms with Gasteiger partial charge in [-0.2, -0.15) is 0 Å². The number of rotatable bonds is 2. The van der Waals surface area contributed by atoms with Gasteiger partial charge in [0.1, 0.15) is 5.60 Å². The van der Waals surface area contributed by atoms with Crippen molar-refractivity contribution in [3.8, 4) is 0 Å². The minimum absolute atomic E-state index is 0.0919. The third-order valence-corrected chi connectivity index (χ3v) is 2.38. The molecule has 0 heterocycles. The van der Waals surface area contributed by atoms with Crippen LogP contribution in [0, 0.1) is 0 Å². The first-order valence-electron chi connectivity index (χ1n) is 5.46. The van der Waals surface area contributed by atoms with Crippen molar-refractivity contribution < 1.29 is 9.53 Å². The summed E-state index contributed by atoms with van der Waals surface area (Å²) in [7, 11) is 0. The number of ether oxygens (including phenoxy) is 1. The molecule has 1 aliphatic rings.